The molecule has 17 heavy (non-hydrogen) atoms. The van der Waals surface area contributed by atoms with Crippen molar-refractivity contribution in [2.24, 2.45) is 0 Å². The maximum Gasteiger partial charge on any atom is 0.256 e. The molecule has 1 aromatic carbocycles. The molecule has 1 amide bonds. The number of carbonyl (C=O) groups is 1. The number of hydrogen-bond donors (Lipinski definition) is 1. The summed E-state index contributed by atoms with van der Waals surface area (Å²) in [5.41, 5.74) is 0.505. The Kier molecular flexibility index (Phi) is 3.49. The molecule has 0 bridgehead atoms. The summed E-state index contributed by atoms with van der Waals surface area (Å²) in [7, 11) is 0. The number of nitrogens with one attached hydrogen (secondary N) is 1. The minimum Gasteiger partial charge on any atom is -0.307 e. The number of nitrogens with zero attached hydrogens (tertiary/aromatic N) is 1. The van der Waals surface area contributed by atoms with Crippen LogP contribution in [0.1, 0.15) is 10.4 Å². The van der Waals surface area contributed by atoms with Gasteiger partial charge in [0, 0.05) is 10.0 Å². The van der Waals surface area contributed by atoms with Gasteiger partial charge in [-0.1, -0.05) is 22.0 Å². The van der Waals surface area contributed by atoms with Crippen LogP contribution < -0.4 is 5.32 Å². The molecule has 0 saturated carbocycles. The van der Waals surface area contributed by atoms with Gasteiger partial charge in [0.1, 0.15) is 11.6 Å². The minimum absolute atomic E-state index is 0.287. The molecule has 0 saturated heterocycles. The highest BCUT2D eigenvalue weighted by atomic mass is 79.9. The zero-order valence-electron chi connectivity index (χ0n) is 8.65. The van der Waals surface area contributed by atoms with E-state index < -0.39 is 5.82 Å². The maximum absolute atomic E-state index is 12.6. The van der Waals surface area contributed by atoms with Crippen LogP contribution in [0.25, 0.3) is 0 Å². The average molecular weight is 295 g/mol. The number of halogens is 2. The predicted molar refractivity (Wildman–Crippen MR) is 66.3 cm³/mol. The van der Waals surface area contributed by atoms with E-state index in [0.717, 1.165) is 10.7 Å². The first-order chi connectivity index (χ1) is 8.15. The Bertz CT molecular complexity index is 542. The van der Waals surface area contributed by atoms with Crippen molar-refractivity contribution in [2.75, 3.05) is 5.32 Å². The summed E-state index contributed by atoms with van der Waals surface area (Å²) in [6.45, 7) is 0. The van der Waals surface area contributed by atoms with Crippen LogP contribution in [0.2, 0.25) is 0 Å². The number of anilines is 1. The summed E-state index contributed by atoms with van der Waals surface area (Å²) < 4.78 is 13.4. The van der Waals surface area contributed by atoms with Crippen molar-refractivity contribution in [1.82, 2.24) is 4.98 Å². The van der Waals surface area contributed by atoms with Gasteiger partial charge in [0.2, 0.25) is 0 Å². The molecule has 0 aliphatic heterocycles. The van der Waals surface area contributed by atoms with Crippen molar-refractivity contribution in [3.63, 3.8) is 0 Å². The lowest BCUT2D eigenvalue weighted by Gasteiger charge is -2.04. The van der Waals surface area contributed by atoms with Crippen molar-refractivity contribution in [1.29, 1.82) is 0 Å². The minimum atomic E-state index is -0.439. The Hall–Kier alpha value is -1.75. The molecular weight excluding hydrogens is 287 g/mol. The summed E-state index contributed by atoms with van der Waals surface area (Å²) in [4.78, 5) is 15.5. The Morgan fingerprint density at radius 3 is 2.76 bits per heavy atom. The molecule has 0 unspecified atom stereocenters. The SMILES string of the molecule is O=C(Nc1ccc(F)cn1)c1cccc(Br)c1. The molecule has 3 nitrogen and oxygen atoms in total. The van der Waals surface area contributed by atoms with Crippen LogP contribution >= 0.6 is 15.9 Å². The number of aromatic nitrogens is 1. The topological polar surface area (TPSA) is 42.0 Å². The van der Waals surface area contributed by atoms with Crippen LogP contribution in [0.3, 0.4) is 0 Å². The predicted octanol–water partition coefficient (Wildman–Crippen LogP) is 3.24. The van der Waals surface area contributed by atoms with Crippen molar-refractivity contribution in [3.8, 4) is 0 Å². The fourth-order valence-corrected chi connectivity index (χ4v) is 1.67. The molecule has 0 aliphatic rings. The number of amides is 1. The van der Waals surface area contributed by atoms with E-state index in [2.05, 4.69) is 26.2 Å². The summed E-state index contributed by atoms with van der Waals surface area (Å²) in [5.74, 6) is -0.410. The summed E-state index contributed by atoms with van der Waals surface area (Å²) in [5, 5.41) is 2.58. The smallest absolute Gasteiger partial charge is 0.256 e. The van der Waals surface area contributed by atoms with Crippen LogP contribution in [-0.2, 0) is 0 Å². The third-order valence-electron chi connectivity index (χ3n) is 2.06. The molecular formula is C12H8BrFN2O. The number of benzene rings is 1. The van der Waals surface area contributed by atoms with Crippen LogP contribution in [-0.4, -0.2) is 10.9 Å². The lowest BCUT2D eigenvalue weighted by molar-refractivity contribution is 0.102. The second-order valence-corrected chi connectivity index (χ2v) is 4.24. The Morgan fingerprint density at radius 1 is 1.29 bits per heavy atom. The fourth-order valence-electron chi connectivity index (χ4n) is 1.27. The monoisotopic (exact) mass is 294 g/mol. The molecule has 2 rings (SSSR count). The molecule has 0 fully saturated rings. The largest absolute Gasteiger partial charge is 0.307 e. The molecule has 1 aromatic heterocycles. The molecule has 1 heterocycles. The Balaban J connectivity index is 2.14. The van der Waals surface area contributed by atoms with Gasteiger partial charge < -0.3 is 5.32 Å². The van der Waals surface area contributed by atoms with Gasteiger partial charge in [-0.15, -0.1) is 0 Å². The summed E-state index contributed by atoms with van der Waals surface area (Å²) in [6, 6.07) is 9.61. The van der Waals surface area contributed by atoms with Gasteiger partial charge in [-0.05, 0) is 30.3 Å². The normalized spacial score (nSPS) is 10.0. The van der Waals surface area contributed by atoms with Gasteiger partial charge in [0.25, 0.3) is 5.91 Å². The van der Waals surface area contributed by atoms with E-state index in [1.807, 2.05) is 6.07 Å². The zero-order chi connectivity index (χ0) is 12.3. The lowest BCUT2D eigenvalue weighted by atomic mass is 10.2. The highest BCUT2D eigenvalue weighted by Crippen LogP contribution is 2.13. The fraction of sp³-hybridized carbons (Fsp3) is 0. The maximum atomic E-state index is 12.6. The summed E-state index contributed by atoms with van der Waals surface area (Å²) >= 11 is 3.28. The molecule has 86 valence electrons. The lowest BCUT2D eigenvalue weighted by Crippen LogP contribution is -2.12. The van der Waals surface area contributed by atoms with Crippen LogP contribution in [0.4, 0.5) is 10.2 Å². The second-order valence-electron chi connectivity index (χ2n) is 3.33. The van der Waals surface area contributed by atoms with E-state index in [0.29, 0.717) is 11.4 Å². The van der Waals surface area contributed by atoms with E-state index in [1.165, 1.54) is 12.1 Å². The molecule has 1 N–H and O–H groups in total. The molecule has 0 radical (unpaired) electrons. The van der Waals surface area contributed by atoms with Crippen LogP contribution in [0.5, 0.6) is 0 Å². The summed E-state index contributed by atoms with van der Waals surface area (Å²) in [6.07, 6.45) is 1.05. The van der Waals surface area contributed by atoms with E-state index in [4.69, 9.17) is 0 Å². The van der Waals surface area contributed by atoms with E-state index in [1.54, 1.807) is 18.2 Å². The molecule has 0 aliphatic carbocycles. The molecule has 2 aromatic rings. The van der Waals surface area contributed by atoms with Crippen molar-refractivity contribution < 1.29 is 9.18 Å². The van der Waals surface area contributed by atoms with Crippen molar-refractivity contribution in [2.45, 2.75) is 0 Å². The standard InChI is InChI=1S/C12H8BrFN2O/c13-9-3-1-2-8(6-9)12(17)16-11-5-4-10(14)7-15-11/h1-7H,(H,15,16,17). The third kappa shape index (κ3) is 3.10. The van der Waals surface area contributed by atoms with E-state index in [-0.39, 0.29) is 5.91 Å². The van der Waals surface area contributed by atoms with Gasteiger partial charge in [-0.2, -0.15) is 0 Å². The van der Waals surface area contributed by atoms with Crippen LogP contribution in [0.15, 0.2) is 47.1 Å². The first-order valence-corrected chi connectivity index (χ1v) is 5.63. The van der Waals surface area contributed by atoms with Crippen molar-refractivity contribution >= 4 is 27.7 Å². The number of rotatable bonds is 2. The average Bonchev–Trinajstić information content (AvgIpc) is 2.32. The highest BCUT2D eigenvalue weighted by molar-refractivity contribution is 9.10. The number of pyridine rings is 1. The van der Waals surface area contributed by atoms with E-state index >= 15 is 0 Å². The highest BCUT2D eigenvalue weighted by Gasteiger charge is 2.06. The quantitative estimate of drug-likeness (QED) is 0.924. The second kappa shape index (κ2) is 5.05. The Morgan fingerprint density at radius 2 is 2.12 bits per heavy atom. The first-order valence-electron chi connectivity index (χ1n) is 4.83. The number of carbonyl (C=O) groups excluding carboxylic acids is 1. The van der Waals surface area contributed by atoms with E-state index in [9.17, 15) is 9.18 Å². The van der Waals surface area contributed by atoms with Gasteiger partial charge in [-0.25, -0.2) is 9.37 Å². The molecule has 0 atom stereocenters. The third-order valence-corrected chi connectivity index (χ3v) is 2.55. The van der Waals surface area contributed by atoms with Gasteiger partial charge in [-0.3, -0.25) is 4.79 Å². The first kappa shape index (κ1) is 11.7. The van der Waals surface area contributed by atoms with Gasteiger partial charge >= 0.3 is 0 Å². The van der Waals surface area contributed by atoms with Gasteiger partial charge in [0.05, 0.1) is 6.20 Å². The number of hydrogen-bond acceptors (Lipinski definition) is 2. The Labute approximate surface area is 106 Å². The van der Waals surface area contributed by atoms with Crippen LogP contribution in [0, 0.1) is 5.82 Å². The molecule has 0 spiro atoms. The van der Waals surface area contributed by atoms with Crippen molar-refractivity contribution in [3.05, 3.63) is 58.4 Å². The zero-order valence-corrected chi connectivity index (χ0v) is 10.2. The molecule has 5 heteroatoms. The van der Waals surface area contributed by atoms with Gasteiger partial charge in [0.15, 0.2) is 0 Å².